The number of carbonyl (C=O) groups excluding carboxylic acids is 2. The van der Waals surface area contributed by atoms with Crippen LogP contribution < -0.4 is 10.6 Å². The molecule has 3 aromatic rings. The molecule has 1 aliphatic rings. The first-order valence-corrected chi connectivity index (χ1v) is 10.9. The zero-order valence-corrected chi connectivity index (χ0v) is 17.8. The smallest absolute Gasteiger partial charge is 0.251 e. The summed E-state index contributed by atoms with van der Waals surface area (Å²) in [5, 5.41) is 5.97. The van der Waals surface area contributed by atoms with E-state index in [9.17, 15) is 9.59 Å². The Labute approximate surface area is 183 Å². The topological polar surface area (TPSA) is 58.2 Å². The van der Waals surface area contributed by atoms with Crippen LogP contribution >= 0.6 is 0 Å². The van der Waals surface area contributed by atoms with Gasteiger partial charge in [0.15, 0.2) is 0 Å². The summed E-state index contributed by atoms with van der Waals surface area (Å²) in [6, 6.07) is 27.9. The number of rotatable bonds is 8. The first-order chi connectivity index (χ1) is 15.1. The summed E-state index contributed by atoms with van der Waals surface area (Å²) < 4.78 is 0. The molecule has 0 aromatic heterocycles. The van der Waals surface area contributed by atoms with Gasteiger partial charge < -0.3 is 10.6 Å². The van der Waals surface area contributed by atoms with Gasteiger partial charge in [0.25, 0.3) is 5.91 Å². The van der Waals surface area contributed by atoms with Gasteiger partial charge in [-0.15, -0.1) is 0 Å². The van der Waals surface area contributed by atoms with Crippen LogP contribution in [0.4, 0.5) is 5.69 Å². The third-order valence-electron chi connectivity index (χ3n) is 5.96. The number of hydrogen-bond donors (Lipinski definition) is 2. The molecule has 1 fully saturated rings. The van der Waals surface area contributed by atoms with Crippen LogP contribution in [0.3, 0.4) is 0 Å². The van der Waals surface area contributed by atoms with Crippen LogP contribution in [0.1, 0.15) is 47.2 Å². The second kappa shape index (κ2) is 9.61. The molecule has 1 aliphatic carbocycles. The Kier molecular flexibility index (Phi) is 6.46. The lowest BCUT2D eigenvalue weighted by Crippen LogP contribution is -2.26. The van der Waals surface area contributed by atoms with Crippen molar-refractivity contribution in [3.8, 4) is 0 Å². The van der Waals surface area contributed by atoms with Gasteiger partial charge in [-0.3, -0.25) is 9.59 Å². The third-order valence-corrected chi connectivity index (χ3v) is 5.96. The Morgan fingerprint density at radius 1 is 0.903 bits per heavy atom. The maximum atomic E-state index is 12.7. The van der Waals surface area contributed by atoms with Gasteiger partial charge in [0.05, 0.1) is 0 Å². The zero-order valence-electron chi connectivity index (χ0n) is 17.8. The van der Waals surface area contributed by atoms with E-state index in [1.807, 2.05) is 42.5 Å². The summed E-state index contributed by atoms with van der Waals surface area (Å²) in [7, 11) is 0. The zero-order chi connectivity index (χ0) is 21.6. The first-order valence-electron chi connectivity index (χ1n) is 10.9. The molecule has 4 heteroatoms. The molecular formula is C27H28N2O2. The van der Waals surface area contributed by atoms with E-state index < -0.39 is 0 Å². The van der Waals surface area contributed by atoms with E-state index in [1.165, 1.54) is 11.1 Å². The Morgan fingerprint density at radius 3 is 2.10 bits per heavy atom. The van der Waals surface area contributed by atoms with Crippen molar-refractivity contribution in [3.05, 3.63) is 102 Å². The number of amides is 2. The van der Waals surface area contributed by atoms with Crippen LogP contribution in [0.5, 0.6) is 0 Å². The second-order valence-corrected chi connectivity index (χ2v) is 8.31. The summed E-state index contributed by atoms with van der Waals surface area (Å²) >= 11 is 0. The van der Waals surface area contributed by atoms with Crippen LogP contribution in [-0.2, 0) is 4.79 Å². The van der Waals surface area contributed by atoms with Crippen LogP contribution in [0, 0.1) is 11.8 Å². The van der Waals surface area contributed by atoms with E-state index in [2.05, 4.69) is 41.8 Å². The van der Waals surface area contributed by atoms with Crippen molar-refractivity contribution in [3.63, 3.8) is 0 Å². The molecule has 1 saturated carbocycles. The molecule has 2 N–H and O–H groups in total. The number of benzene rings is 3. The lowest BCUT2D eigenvalue weighted by molar-refractivity contribution is -0.117. The fourth-order valence-electron chi connectivity index (χ4n) is 3.99. The van der Waals surface area contributed by atoms with Gasteiger partial charge in [0, 0.05) is 29.6 Å². The molecule has 0 radical (unpaired) electrons. The Morgan fingerprint density at radius 2 is 1.52 bits per heavy atom. The predicted molar refractivity (Wildman–Crippen MR) is 124 cm³/mol. The molecule has 0 aliphatic heterocycles. The molecule has 0 heterocycles. The number of nitrogens with one attached hydrogen (secondary N) is 2. The number of hydrogen-bond acceptors (Lipinski definition) is 2. The maximum absolute atomic E-state index is 12.7. The fourth-order valence-corrected chi connectivity index (χ4v) is 3.99. The average Bonchev–Trinajstić information content (AvgIpc) is 3.55. The maximum Gasteiger partial charge on any atom is 0.251 e. The van der Waals surface area contributed by atoms with Crippen LogP contribution in [0.25, 0.3) is 0 Å². The molecule has 0 spiro atoms. The average molecular weight is 413 g/mol. The molecule has 31 heavy (non-hydrogen) atoms. The van der Waals surface area contributed by atoms with E-state index in [1.54, 1.807) is 18.2 Å². The van der Waals surface area contributed by atoms with Crippen LogP contribution in [0.15, 0.2) is 84.9 Å². The van der Waals surface area contributed by atoms with Gasteiger partial charge in [0.2, 0.25) is 5.91 Å². The highest BCUT2D eigenvalue weighted by molar-refractivity contribution is 5.98. The first kappa shape index (κ1) is 20.9. The lowest BCUT2D eigenvalue weighted by Gasteiger charge is -2.18. The highest BCUT2D eigenvalue weighted by Gasteiger charge is 2.39. The molecule has 2 amide bonds. The van der Waals surface area contributed by atoms with E-state index in [4.69, 9.17) is 0 Å². The SMILES string of the molecule is CC1CC1C(=O)Nc1cccc(C(=O)NCCC(c2ccccc2)c2ccccc2)c1. The van der Waals surface area contributed by atoms with Gasteiger partial charge in [0.1, 0.15) is 0 Å². The molecule has 2 atom stereocenters. The predicted octanol–water partition coefficient (Wildman–Crippen LogP) is 5.23. The van der Waals surface area contributed by atoms with E-state index in [0.29, 0.717) is 23.7 Å². The molecule has 158 valence electrons. The van der Waals surface area contributed by atoms with Crippen molar-refractivity contribution >= 4 is 17.5 Å². The highest BCUT2D eigenvalue weighted by atomic mass is 16.2. The largest absolute Gasteiger partial charge is 0.352 e. The van der Waals surface area contributed by atoms with Gasteiger partial charge in [-0.25, -0.2) is 0 Å². The molecule has 4 rings (SSSR count). The number of carbonyl (C=O) groups is 2. The summed E-state index contributed by atoms with van der Waals surface area (Å²) in [4.78, 5) is 24.9. The fraction of sp³-hybridized carbons (Fsp3) is 0.259. The van der Waals surface area contributed by atoms with Crippen LogP contribution in [0.2, 0.25) is 0 Å². The van der Waals surface area contributed by atoms with Crippen LogP contribution in [-0.4, -0.2) is 18.4 Å². The standard InChI is InChI=1S/C27H28N2O2/c1-19-17-25(19)27(31)29-23-14-8-13-22(18-23)26(30)28-16-15-24(20-9-4-2-5-10-20)21-11-6-3-7-12-21/h2-14,18-19,24-25H,15-17H2,1H3,(H,28,30)(H,29,31). The lowest BCUT2D eigenvalue weighted by atomic mass is 9.88. The minimum absolute atomic E-state index is 0.0404. The van der Waals surface area contributed by atoms with Crippen molar-refractivity contribution in [1.82, 2.24) is 5.32 Å². The van der Waals surface area contributed by atoms with Gasteiger partial charge in [-0.05, 0) is 48.1 Å². The summed E-state index contributed by atoms with van der Waals surface area (Å²) in [6.07, 6.45) is 1.74. The summed E-state index contributed by atoms with van der Waals surface area (Å²) in [6.45, 7) is 2.63. The monoisotopic (exact) mass is 412 g/mol. The third kappa shape index (κ3) is 5.40. The van der Waals surface area contributed by atoms with Crippen molar-refractivity contribution in [1.29, 1.82) is 0 Å². The van der Waals surface area contributed by atoms with Crippen molar-refractivity contribution in [2.45, 2.75) is 25.7 Å². The molecule has 3 aromatic carbocycles. The normalized spacial score (nSPS) is 17.2. The summed E-state index contributed by atoms with van der Waals surface area (Å²) in [5.41, 5.74) is 3.70. The molecule has 0 bridgehead atoms. The number of anilines is 1. The Bertz CT molecular complexity index is 994. The van der Waals surface area contributed by atoms with E-state index in [-0.39, 0.29) is 23.7 Å². The molecule has 2 unspecified atom stereocenters. The quantitative estimate of drug-likeness (QED) is 0.532. The Hall–Kier alpha value is -3.40. The molecule has 0 saturated heterocycles. The second-order valence-electron chi connectivity index (χ2n) is 8.31. The Balaban J connectivity index is 1.37. The van der Waals surface area contributed by atoms with Gasteiger partial charge in [-0.2, -0.15) is 0 Å². The van der Waals surface area contributed by atoms with Crippen molar-refractivity contribution < 1.29 is 9.59 Å². The van der Waals surface area contributed by atoms with E-state index in [0.717, 1.165) is 12.8 Å². The van der Waals surface area contributed by atoms with Gasteiger partial charge >= 0.3 is 0 Å². The van der Waals surface area contributed by atoms with Gasteiger partial charge in [-0.1, -0.05) is 73.7 Å². The molecular weight excluding hydrogens is 384 g/mol. The highest BCUT2D eigenvalue weighted by Crippen LogP contribution is 2.38. The molecule has 4 nitrogen and oxygen atoms in total. The summed E-state index contributed by atoms with van der Waals surface area (Å²) in [5.74, 6) is 0.683. The minimum atomic E-state index is -0.129. The minimum Gasteiger partial charge on any atom is -0.352 e. The van der Waals surface area contributed by atoms with Crippen molar-refractivity contribution in [2.75, 3.05) is 11.9 Å². The van der Waals surface area contributed by atoms with E-state index >= 15 is 0 Å². The van der Waals surface area contributed by atoms with Crippen molar-refractivity contribution in [2.24, 2.45) is 11.8 Å².